The number of piperidine rings is 3. The van der Waals surface area contributed by atoms with Crippen molar-refractivity contribution in [2.45, 2.75) is 31.8 Å². The smallest absolute Gasteiger partial charge is 0.270 e. The summed E-state index contributed by atoms with van der Waals surface area (Å²) in [5, 5.41) is 5.53. The molecule has 5 nitrogen and oxygen atoms in total. The predicted octanol–water partition coefficient (Wildman–Crippen LogP) is 2.57. The van der Waals surface area contributed by atoms with Crippen LogP contribution >= 0.6 is 11.3 Å². The first-order chi connectivity index (χ1) is 11.5. The van der Waals surface area contributed by atoms with E-state index in [1.165, 1.54) is 30.9 Å². The third-order valence-electron chi connectivity index (χ3n) is 5.54. The van der Waals surface area contributed by atoms with Crippen molar-refractivity contribution in [1.82, 2.24) is 15.2 Å². The Labute approximate surface area is 146 Å². The normalized spacial score (nSPS) is 29.0. The lowest BCUT2D eigenvalue weighted by Gasteiger charge is -2.49. The highest BCUT2D eigenvalue weighted by atomic mass is 32.1. The van der Waals surface area contributed by atoms with Gasteiger partial charge in [0, 0.05) is 42.5 Å². The predicted molar refractivity (Wildman–Crippen MR) is 99.0 cm³/mol. The number of carbonyl (C=O) groups excluding carboxylic acids is 1. The van der Waals surface area contributed by atoms with Gasteiger partial charge in [0.2, 0.25) is 0 Å². The largest absolute Gasteiger partial charge is 0.370 e. The van der Waals surface area contributed by atoms with Crippen molar-refractivity contribution in [2.24, 2.45) is 5.92 Å². The molecule has 1 amide bonds. The minimum absolute atomic E-state index is 0.0395. The molecule has 3 saturated heterocycles. The molecule has 0 spiro atoms. The van der Waals surface area contributed by atoms with E-state index in [4.69, 9.17) is 0 Å². The van der Waals surface area contributed by atoms with E-state index < -0.39 is 0 Å². The number of nitrogens with one attached hydrogen (secondary N) is 1. The first-order valence-electron chi connectivity index (χ1n) is 8.65. The number of hydrogen-bond acceptors (Lipinski definition) is 5. The summed E-state index contributed by atoms with van der Waals surface area (Å²) in [6, 6.07) is 4.71. The van der Waals surface area contributed by atoms with Gasteiger partial charge in [0.05, 0.1) is 5.00 Å². The fourth-order valence-electron chi connectivity index (χ4n) is 4.03. The Balaban J connectivity index is 1.55. The summed E-state index contributed by atoms with van der Waals surface area (Å²) in [7, 11) is 4.06. The van der Waals surface area contributed by atoms with E-state index in [1.807, 2.05) is 26.4 Å². The lowest BCUT2D eigenvalue weighted by atomic mass is 9.79. The van der Waals surface area contributed by atoms with Crippen LogP contribution in [0.2, 0.25) is 0 Å². The molecule has 0 aliphatic carbocycles. The van der Waals surface area contributed by atoms with E-state index >= 15 is 0 Å². The fraction of sp³-hybridized carbons (Fsp3) is 0.556. The molecular formula is C18H24N4OS. The van der Waals surface area contributed by atoms with Crippen LogP contribution < -0.4 is 10.2 Å². The van der Waals surface area contributed by atoms with Crippen molar-refractivity contribution in [3.05, 3.63) is 24.0 Å². The maximum absolute atomic E-state index is 12.7. The van der Waals surface area contributed by atoms with Gasteiger partial charge in [-0.25, -0.2) is 0 Å². The summed E-state index contributed by atoms with van der Waals surface area (Å²) >= 11 is 1.69. The Morgan fingerprint density at radius 3 is 2.75 bits per heavy atom. The number of nitrogens with zero attached hydrogens (tertiary/aromatic N) is 3. The van der Waals surface area contributed by atoms with E-state index in [1.54, 1.807) is 11.3 Å². The number of rotatable bonds is 3. The van der Waals surface area contributed by atoms with Gasteiger partial charge in [-0.05, 0) is 50.9 Å². The Morgan fingerprint density at radius 1 is 1.33 bits per heavy atom. The van der Waals surface area contributed by atoms with E-state index in [-0.39, 0.29) is 11.9 Å². The summed E-state index contributed by atoms with van der Waals surface area (Å²) in [4.78, 5) is 21.7. The molecule has 0 aromatic carbocycles. The summed E-state index contributed by atoms with van der Waals surface area (Å²) in [5.41, 5.74) is 0.526. The molecule has 5 rings (SSSR count). The molecule has 2 aromatic heterocycles. The first-order valence-corrected chi connectivity index (χ1v) is 9.46. The first kappa shape index (κ1) is 15.8. The average molecular weight is 344 g/mol. The maximum Gasteiger partial charge on any atom is 0.270 e. The van der Waals surface area contributed by atoms with Gasteiger partial charge in [-0.2, -0.15) is 0 Å². The number of fused-ring (bicyclic) bond motifs is 4. The monoisotopic (exact) mass is 344 g/mol. The molecule has 1 N–H and O–H groups in total. The Bertz CT molecular complexity index is 761. The second-order valence-electron chi connectivity index (χ2n) is 7.20. The summed E-state index contributed by atoms with van der Waals surface area (Å²) in [6.45, 7) is 4.57. The summed E-state index contributed by atoms with van der Waals surface area (Å²) < 4.78 is 1.11. The number of pyridine rings is 1. The molecule has 2 bridgehead atoms. The molecule has 3 aliphatic rings. The van der Waals surface area contributed by atoms with Crippen molar-refractivity contribution in [3.63, 3.8) is 0 Å². The SMILES string of the molecule is C[C@H]1[C@H](NC(=O)c2cc3sc(N(C)C)cc3cn2)C2CCN1CC2. The quantitative estimate of drug-likeness (QED) is 0.930. The van der Waals surface area contributed by atoms with E-state index in [9.17, 15) is 4.79 Å². The molecule has 2 aromatic rings. The lowest BCUT2D eigenvalue weighted by Crippen LogP contribution is -2.62. The lowest BCUT2D eigenvalue weighted by molar-refractivity contribution is 0.0216. The topological polar surface area (TPSA) is 48.5 Å². The Morgan fingerprint density at radius 2 is 2.08 bits per heavy atom. The highest BCUT2D eigenvalue weighted by Crippen LogP contribution is 2.33. The van der Waals surface area contributed by atoms with Crippen LogP contribution in [0.4, 0.5) is 5.00 Å². The third kappa shape index (κ3) is 2.67. The highest BCUT2D eigenvalue weighted by molar-refractivity contribution is 7.22. The average Bonchev–Trinajstić information content (AvgIpc) is 3.02. The van der Waals surface area contributed by atoms with Gasteiger partial charge in [0.25, 0.3) is 5.91 Å². The van der Waals surface area contributed by atoms with Crippen LogP contribution in [0.3, 0.4) is 0 Å². The van der Waals surface area contributed by atoms with E-state index in [0.29, 0.717) is 17.7 Å². The number of carbonyl (C=O) groups is 1. The zero-order valence-electron chi connectivity index (χ0n) is 14.5. The second-order valence-corrected chi connectivity index (χ2v) is 8.26. The third-order valence-corrected chi connectivity index (χ3v) is 6.80. The van der Waals surface area contributed by atoms with Crippen LogP contribution in [0.25, 0.3) is 10.1 Å². The second kappa shape index (κ2) is 6.01. The Hall–Kier alpha value is -1.66. The molecule has 0 saturated carbocycles. The minimum atomic E-state index is -0.0395. The molecule has 3 fully saturated rings. The molecule has 2 atom stereocenters. The van der Waals surface area contributed by atoms with E-state index in [0.717, 1.165) is 10.1 Å². The van der Waals surface area contributed by atoms with Crippen molar-refractivity contribution in [3.8, 4) is 0 Å². The zero-order valence-corrected chi connectivity index (χ0v) is 15.3. The molecule has 0 unspecified atom stereocenters. The van der Waals surface area contributed by atoms with Gasteiger partial charge in [0.1, 0.15) is 5.69 Å². The molecule has 24 heavy (non-hydrogen) atoms. The van der Waals surface area contributed by atoms with Crippen molar-refractivity contribution in [1.29, 1.82) is 0 Å². The van der Waals surface area contributed by atoms with E-state index in [2.05, 4.69) is 33.1 Å². The molecule has 128 valence electrons. The summed E-state index contributed by atoms with van der Waals surface area (Å²) in [6.07, 6.45) is 4.20. The highest BCUT2D eigenvalue weighted by Gasteiger charge is 2.40. The van der Waals surface area contributed by atoms with Crippen molar-refractivity contribution >= 4 is 32.3 Å². The minimum Gasteiger partial charge on any atom is -0.370 e. The zero-order chi connectivity index (χ0) is 16.8. The van der Waals surface area contributed by atoms with Gasteiger partial charge < -0.3 is 10.2 Å². The van der Waals surface area contributed by atoms with Gasteiger partial charge in [-0.1, -0.05) is 0 Å². The van der Waals surface area contributed by atoms with Crippen molar-refractivity contribution in [2.75, 3.05) is 32.1 Å². The number of thiophene rings is 1. The Kier molecular flexibility index (Phi) is 3.96. The fourth-order valence-corrected chi connectivity index (χ4v) is 5.03. The molecule has 3 aliphatic heterocycles. The van der Waals surface area contributed by atoms with Gasteiger partial charge in [0.15, 0.2) is 0 Å². The number of amides is 1. The van der Waals surface area contributed by atoms with Gasteiger partial charge in [-0.3, -0.25) is 14.7 Å². The van der Waals surface area contributed by atoms with Crippen LogP contribution in [0.15, 0.2) is 18.3 Å². The number of hydrogen-bond donors (Lipinski definition) is 1. The van der Waals surface area contributed by atoms with Gasteiger partial charge >= 0.3 is 0 Å². The standard InChI is InChI=1S/C18H24N4OS/c1-11-17(12-4-6-22(11)7-5-12)20-18(23)14-9-15-13(10-19-14)8-16(24-15)21(2)3/h8-12,17H,4-7H2,1-3H3,(H,20,23)/t11-,17-/m0/s1. The number of aromatic nitrogens is 1. The van der Waals surface area contributed by atoms with Crippen LogP contribution in [0.5, 0.6) is 0 Å². The van der Waals surface area contributed by atoms with Crippen LogP contribution in [0.1, 0.15) is 30.3 Å². The maximum atomic E-state index is 12.7. The van der Waals surface area contributed by atoms with Crippen LogP contribution in [0, 0.1) is 5.92 Å². The molecule has 5 heterocycles. The van der Waals surface area contributed by atoms with Crippen molar-refractivity contribution < 1.29 is 4.79 Å². The van der Waals surface area contributed by atoms with Crippen LogP contribution in [-0.2, 0) is 0 Å². The van der Waals surface area contributed by atoms with Crippen LogP contribution in [-0.4, -0.2) is 55.1 Å². The van der Waals surface area contributed by atoms with Gasteiger partial charge in [-0.15, -0.1) is 11.3 Å². The molecular weight excluding hydrogens is 320 g/mol. The molecule has 6 heteroatoms. The number of anilines is 1. The molecule has 0 radical (unpaired) electrons. The summed E-state index contributed by atoms with van der Waals surface area (Å²) in [5.74, 6) is 0.571.